The number of allylic oxidation sites excluding steroid dienone is 1. The van der Waals surface area contributed by atoms with E-state index in [1.807, 2.05) is 6.07 Å². The molecule has 4 aromatic rings. The van der Waals surface area contributed by atoms with Gasteiger partial charge >= 0.3 is 6.18 Å². The molecule has 2 heterocycles. The maximum Gasteiger partial charge on any atom is 0.416 e. The normalized spacial score (nSPS) is 12.2. The molecule has 7 heteroatoms. The van der Waals surface area contributed by atoms with Crippen LogP contribution in [0.4, 0.5) is 13.2 Å². The minimum absolute atomic E-state index is 0.379. The first-order chi connectivity index (χ1) is 14.4. The van der Waals surface area contributed by atoms with E-state index in [9.17, 15) is 18.4 Å². The van der Waals surface area contributed by atoms with Crippen molar-refractivity contribution in [1.82, 2.24) is 9.97 Å². The molecule has 2 aromatic carbocycles. The summed E-state index contributed by atoms with van der Waals surface area (Å²) in [4.78, 5) is 7.22. The molecule has 0 saturated carbocycles. The summed E-state index contributed by atoms with van der Waals surface area (Å²) in [6.07, 6.45) is 2.13. The SMILES string of the molecule is N#C/C(=C\c1cnccc1-c1ccc(C(F)(F)F)cc1)c1c[nH]c2ccc(Cl)cc12. The number of fused-ring (bicyclic) bond motifs is 1. The summed E-state index contributed by atoms with van der Waals surface area (Å²) in [5.74, 6) is 0. The van der Waals surface area contributed by atoms with Crippen molar-refractivity contribution in [3.63, 3.8) is 0 Å². The summed E-state index contributed by atoms with van der Waals surface area (Å²) < 4.78 is 38.6. The second-order valence-electron chi connectivity index (χ2n) is 6.60. The van der Waals surface area contributed by atoms with E-state index >= 15 is 0 Å². The number of pyridine rings is 1. The van der Waals surface area contributed by atoms with Gasteiger partial charge in [0.15, 0.2) is 0 Å². The van der Waals surface area contributed by atoms with Crippen LogP contribution >= 0.6 is 11.6 Å². The Morgan fingerprint density at radius 2 is 1.87 bits per heavy atom. The summed E-state index contributed by atoms with van der Waals surface area (Å²) in [6, 6.07) is 14.1. The highest BCUT2D eigenvalue weighted by Crippen LogP contribution is 2.33. The molecule has 0 atom stereocenters. The summed E-state index contributed by atoms with van der Waals surface area (Å²) in [5, 5.41) is 11.1. The number of nitrogens with one attached hydrogen (secondary N) is 1. The number of nitriles is 1. The topological polar surface area (TPSA) is 52.5 Å². The lowest BCUT2D eigenvalue weighted by atomic mass is 9.97. The second-order valence-corrected chi connectivity index (χ2v) is 7.04. The number of halogens is 4. The minimum atomic E-state index is -4.40. The monoisotopic (exact) mass is 423 g/mol. The Morgan fingerprint density at radius 1 is 1.10 bits per heavy atom. The van der Waals surface area contributed by atoms with Crippen LogP contribution in [0, 0.1) is 11.3 Å². The van der Waals surface area contributed by atoms with Crippen molar-refractivity contribution in [3.05, 3.63) is 88.8 Å². The molecule has 0 saturated heterocycles. The molecule has 0 unspecified atom stereocenters. The third-order valence-corrected chi connectivity index (χ3v) is 4.96. The zero-order valence-electron chi connectivity index (χ0n) is 15.3. The van der Waals surface area contributed by atoms with Crippen LogP contribution < -0.4 is 0 Å². The lowest BCUT2D eigenvalue weighted by Crippen LogP contribution is -2.04. The van der Waals surface area contributed by atoms with Crippen molar-refractivity contribution < 1.29 is 13.2 Å². The highest BCUT2D eigenvalue weighted by atomic mass is 35.5. The molecule has 0 aliphatic carbocycles. The van der Waals surface area contributed by atoms with Crippen molar-refractivity contribution in [1.29, 1.82) is 5.26 Å². The van der Waals surface area contributed by atoms with Crippen LogP contribution in [0.3, 0.4) is 0 Å². The Labute approximate surface area is 175 Å². The number of rotatable bonds is 3. The number of hydrogen-bond acceptors (Lipinski definition) is 2. The fraction of sp³-hybridized carbons (Fsp3) is 0.0435. The van der Waals surface area contributed by atoms with Gasteiger partial charge in [-0.2, -0.15) is 18.4 Å². The van der Waals surface area contributed by atoms with Crippen molar-refractivity contribution >= 4 is 34.2 Å². The first-order valence-electron chi connectivity index (χ1n) is 8.87. The Hall–Kier alpha value is -3.56. The Bertz CT molecular complexity index is 1300. The molecule has 1 N–H and O–H groups in total. The van der Waals surface area contributed by atoms with Crippen LogP contribution in [-0.2, 0) is 6.18 Å². The van der Waals surface area contributed by atoms with Crippen LogP contribution in [-0.4, -0.2) is 9.97 Å². The molecule has 0 radical (unpaired) electrons. The predicted octanol–water partition coefficient (Wildman–Crippen LogP) is 6.97. The number of alkyl halides is 3. The van der Waals surface area contributed by atoms with Crippen molar-refractivity contribution in [2.75, 3.05) is 0 Å². The summed E-state index contributed by atoms with van der Waals surface area (Å²) in [5.41, 5.74) is 3.06. The van der Waals surface area contributed by atoms with E-state index in [2.05, 4.69) is 16.0 Å². The Balaban J connectivity index is 1.80. The first kappa shape index (κ1) is 19.7. The molecular weight excluding hydrogens is 411 g/mol. The number of nitrogens with zero attached hydrogens (tertiary/aromatic N) is 2. The highest BCUT2D eigenvalue weighted by molar-refractivity contribution is 6.31. The molecule has 4 rings (SSSR count). The van der Waals surface area contributed by atoms with Crippen molar-refractivity contribution in [2.45, 2.75) is 6.18 Å². The number of hydrogen-bond donors (Lipinski definition) is 1. The van der Waals surface area contributed by atoms with Crippen LogP contribution in [0.5, 0.6) is 0 Å². The minimum Gasteiger partial charge on any atom is -0.361 e. The van der Waals surface area contributed by atoms with Gasteiger partial charge in [0, 0.05) is 45.6 Å². The third-order valence-electron chi connectivity index (χ3n) is 4.73. The van der Waals surface area contributed by atoms with Gasteiger partial charge in [0.1, 0.15) is 0 Å². The van der Waals surface area contributed by atoms with E-state index in [0.717, 1.165) is 23.0 Å². The number of H-pyrrole nitrogens is 1. The molecule has 0 bridgehead atoms. The second kappa shape index (κ2) is 7.69. The molecule has 148 valence electrons. The largest absolute Gasteiger partial charge is 0.416 e. The zero-order chi connectivity index (χ0) is 21.3. The Kier molecular flexibility index (Phi) is 5.06. The van der Waals surface area contributed by atoms with E-state index < -0.39 is 11.7 Å². The van der Waals surface area contributed by atoms with Crippen molar-refractivity contribution in [3.8, 4) is 17.2 Å². The molecule has 3 nitrogen and oxygen atoms in total. The van der Waals surface area contributed by atoms with Gasteiger partial charge in [-0.1, -0.05) is 23.7 Å². The summed E-state index contributed by atoms with van der Waals surface area (Å²) in [7, 11) is 0. The maximum absolute atomic E-state index is 12.9. The van der Waals surface area contributed by atoms with Crippen LogP contribution in [0.15, 0.2) is 67.1 Å². The van der Waals surface area contributed by atoms with Gasteiger partial charge < -0.3 is 4.98 Å². The van der Waals surface area contributed by atoms with Gasteiger partial charge in [-0.05, 0) is 53.6 Å². The number of aromatic amines is 1. The van der Waals surface area contributed by atoms with Gasteiger partial charge in [-0.3, -0.25) is 4.98 Å². The molecule has 0 aliphatic rings. The molecule has 0 aliphatic heterocycles. The average Bonchev–Trinajstić information content (AvgIpc) is 3.14. The predicted molar refractivity (Wildman–Crippen MR) is 111 cm³/mol. The van der Waals surface area contributed by atoms with Crippen LogP contribution in [0.25, 0.3) is 33.7 Å². The summed E-state index contributed by atoms with van der Waals surface area (Å²) >= 11 is 6.10. The number of benzene rings is 2. The average molecular weight is 424 g/mol. The Morgan fingerprint density at radius 3 is 2.57 bits per heavy atom. The molecule has 30 heavy (non-hydrogen) atoms. The van der Waals surface area contributed by atoms with E-state index in [1.54, 1.807) is 42.9 Å². The fourth-order valence-corrected chi connectivity index (χ4v) is 3.44. The molecule has 0 spiro atoms. The van der Waals surface area contributed by atoms with Crippen LogP contribution in [0.2, 0.25) is 5.02 Å². The van der Waals surface area contributed by atoms with Gasteiger partial charge in [0.25, 0.3) is 0 Å². The standard InChI is InChI=1S/C23H13ClF3N3/c24-18-5-6-22-20(10-18)21(13-30-22)15(11-28)9-16-12-29-8-7-19(16)14-1-3-17(4-2-14)23(25,26)27/h1-10,12-13,30H/b15-9+. The van der Waals surface area contributed by atoms with E-state index in [1.165, 1.54) is 12.1 Å². The molecule has 2 aromatic heterocycles. The smallest absolute Gasteiger partial charge is 0.361 e. The number of aromatic nitrogens is 2. The van der Waals surface area contributed by atoms with Gasteiger partial charge in [-0.15, -0.1) is 0 Å². The van der Waals surface area contributed by atoms with Gasteiger partial charge in [-0.25, -0.2) is 0 Å². The molecular formula is C23H13ClF3N3. The quantitative estimate of drug-likeness (QED) is 0.362. The molecule has 0 fully saturated rings. The first-order valence-corrected chi connectivity index (χ1v) is 9.25. The van der Waals surface area contributed by atoms with Gasteiger partial charge in [0.2, 0.25) is 0 Å². The van der Waals surface area contributed by atoms with Gasteiger partial charge in [0.05, 0.1) is 17.2 Å². The van der Waals surface area contributed by atoms with E-state index in [4.69, 9.17) is 11.6 Å². The van der Waals surface area contributed by atoms with E-state index in [0.29, 0.717) is 32.8 Å². The highest BCUT2D eigenvalue weighted by Gasteiger charge is 2.30. The van der Waals surface area contributed by atoms with E-state index in [-0.39, 0.29) is 0 Å². The lowest BCUT2D eigenvalue weighted by Gasteiger charge is -2.10. The third kappa shape index (κ3) is 3.80. The fourth-order valence-electron chi connectivity index (χ4n) is 3.26. The van der Waals surface area contributed by atoms with Crippen LogP contribution in [0.1, 0.15) is 16.7 Å². The lowest BCUT2D eigenvalue weighted by molar-refractivity contribution is -0.137. The summed E-state index contributed by atoms with van der Waals surface area (Å²) in [6.45, 7) is 0. The zero-order valence-corrected chi connectivity index (χ0v) is 16.1. The molecule has 0 amide bonds. The van der Waals surface area contributed by atoms with Crippen molar-refractivity contribution in [2.24, 2.45) is 0 Å². The maximum atomic E-state index is 12.9.